The smallest absolute Gasteiger partial charge is 0.283 e. The fourth-order valence-electron chi connectivity index (χ4n) is 3.29. The summed E-state index contributed by atoms with van der Waals surface area (Å²) in [6.45, 7) is 4.09. The standard InChI is InChI=1S/C18H19N5O2/c1-5-12-6-8-13(9-7-12)23-11(2)10-22-14-15(19-17(22)23)20(3)18(25)21(4)16(14)24/h6-10H,5H2,1-4H3. The molecule has 25 heavy (non-hydrogen) atoms. The van der Waals surface area contributed by atoms with Crippen LogP contribution in [0.5, 0.6) is 0 Å². The van der Waals surface area contributed by atoms with Gasteiger partial charge in [0.2, 0.25) is 5.78 Å². The van der Waals surface area contributed by atoms with Crippen molar-refractivity contribution >= 4 is 16.9 Å². The number of rotatable bonds is 2. The highest BCUT2D eigenvalue weighted by atomic mass is 16.2. The summed E-state index contributed by atoms with van der Waals surface area (Å²) < 4.78 is 6.27. The number of hydrogen-bond donors (Lipinski definition) is 0. The minimum absolute atomic E-state index is 0.343. The lowest BCUT2D eigenvalue weighted by molar-refractivity contribution is 0.708. The predicted molar refractivity (Wildman–Crippen MR) is 96.6 cm³/mol. The van der Waals surface area contributed by atoms with Crippen molar-refractivity contribution in [1.29, 1.82) is 0 Å². The molecular formula is C18H19N5O2. The molecular weight excluding hydrogens is 318 g/mol. The first kappa shape index (κ1) is 15.4. The van der Waals surface area contributed by atoms with Gasteiger partial charge in [0.15, 0.2) is 11.2 Å². The van der Waals surface area contributed by atoms with E-state index in [2.05, 4.69) is 24.0 Å². The molecule has 0 fully saturated rings. The molecule has 4 rings (SSSR count). The quantitative estimate of drug-likeness (QED) is 0.557. The molecule has 0 saturated heterocycles. The van der Waals surface area contributed by atoms with Crippen LogP contribution in [-0.2, 0) is 20.5 Å². The van der Waals surface area contributed by atoms with E-state index in [-0.39, 0.29) is 11.2 Å². The number of hydrogen-bond acceptors (Lipinski definition) is 3. The van der Waals surface area contributed by atoms with Crippen LogP contribution >= 0.6 is 0 Å². The summed E-state index contributed by atoms with van der Waals surface area (Å²) in [5.74, 6) is 0.620. The average molecular weight is 337 g/mol. The van der Waals surface area contributed by atoms with Crippen LogP contribution in [0, 0.1) is 6.92 Å². The van der Waals surface area contributed by atoms with Gasteiger partial charge in [-0.25, -0.2) is 4.79 Å². The van der Waals surface area contributed by atoms with Crippen molar-refractivity contribution in [2.75, 3.05) is 0 Å². The minimum Gasteiger partial charge on any atom is -0.283 e. The van der Waals surface area contributed by atoms with E-state index in [0.29, 0.717) is 16.9 Å². The van der Waals surface area contributed by atoms with Crippen molar-refractivity contribution in [3.05, 3.63) is 62.6 Å². The van der Waals surface area contributed by atoms with Crippen molar-refractivity contribution in [2.24, 2.45) is 14.1 Å². The lowest BCUT2D eigenvalue weighted by Gasteiger charge is -2.06. The number of aromatic nitrogens is 5. The molecule has 0 saturated carbocycles. The molecule has 0 radical (unpaired) electrons. The predicted octanol–water partition coefficient (Wildman–Crippen LogP) is 1.55. The van der Waals surface area contributed by atoms with Crippen molar-refractivity contribution in [3.8, 4) is 5.69 Å². The molecule has 0 amide bonds. The van der Waals surface area contributed by atoms with Crippen LogP contribution in [-0.4, -0.2) is 23.1 Å². The molecule has 0 aliphatic heterocycles. The summed E-state index contributed by atoms with van der Waals surface area (Å²) in [6, 6.07) is 8.26. The van der Waals surface area contributed by atoms with Gasteiger partial charge in [-0.2, -0.15) is 4.98 Å². The average Bonchev–Trinajstić information content (AvgIpc) is 3.13. The van der Waals surface area contributed by atoms with E-state index in [1.165, 1.54) is 17.2 Å². The molecule has 0 spiro atoms. The number of benzene rings is 1. The van der Waals surface area contributed by atoms with Crippen LogP contribution < -0.4 is 11.2 Å². The first-order valence-electron chi connectivity index (χ1n) is 8.19. The van der Waals surface area contributed by atoms with E-state index in [4.69, 9.17) is 0 Å². The summed E-state index contributed by atoms with van der Waals surface area (Å²) in [4.78, 5) is 29.4. The van der Waals surface area contributed by atoms with Gasteiger partial charge in [-0.05, 0) is 31.0 Å². The van der Waals surface area contributed by atoms with Gasteiger partial charge < -0.3 is 0 Å². The third-order valence-corrected chi connectivity index (χ3v) is 4.74. The molecule has 4 aromatic rings. The largest absolute Gasteiger partial charge is 0.332 e. The molecule has 128 valence electrons. The van der Waals surface area contributed by atoms with Gasteiger partial charge in [0.05, 0.1) is 0 Å². The maximum Gasteiger partial charge on any atom is 0.332 e. The maximum atomic E-state index is 12.6. The molecule has 0 N–H and O–H groups in total. The van der Waals surface area contributed by atoms with Gasteiger partial charge in [0.1, 0.15) is 0 Å². The Kier molecular flexibility index (Phi) is 3.21. The molecule has 3 heterocycles. The second-order valence-electron chi connectivity index (χ2n) is 6.29. The molecule has 7 nitrogen and oxygen atoms in total. The topological polar surface area (TPSA) is 66.2 Å². The van der Waals surface area contributed by atoms with Crippen LogP contribution in [0.2, 0.25) is 0 Å². The Labute approximate surface area is 143 Å². The van der Waals surface area contributed by atoms with Gasteiger partial charge in [0, 0.05) is 31.7 Å². The Bertz CT molecular complexity index is 1240. The van der Waals surface area contributed by atoms with Gasteiger partial charge >= 0.3 is 5.69 Å². The van der Waals surface area contributed by atoms with Crippen LogP contribution in [0.4, 0.5) is 0 Å². The zero-order valence-corrected chi connectivity index (χ0v) is 14.6. The van der Waals surface area contributed by atoms with Crippen LogP contribution in [0.25, 0.3) is 22.6 Å². The summed E-state index contributed by atoms with van der Waals surface area (Å²) >= 11 is 0. The Morgan fingerprint density at radius 1 is 1.04 bits per heavy atom. The Balaban J connectivity index is 2.12. The zero-order chi connectivity index (χ0) is 17.9. The maximum absolute atomic E-state index is 12.6. The highest BCUT2D eigenvalue weighted by Gasteiger charge is 2.19. The van der Waals surface area contributed by atoms with E-state index in [1.54, 1.807) is 11.4 Å². The molecule has 0 aliphatic rings. The SMILES string of the molecule is CCc1ccc(-n2c(C)cn3c4c(=O)n(C)c(=O)n(C)c4nc23)cc1. The highest BCUT2D eigenvalue weighted by molar-refractivity contribution is 5.76. The molecule has 1 aromatic carbocycles. The second kappa shape index (κ2) is 5.20. The van der Waals surface area contributed by atoms with E-state index < -0.39 is 0 Å². The normalized spacial score (nSPS) is 11.7. The Morgan fingerprint density at radius 2 is 1.72 bits per heavy atom. The van der Waals surface area contributed by atoms with Gasteiger partial charge in [-0.1, -0.05) is 19.1 Å². The van der Waals surface area contributed by atoms with Crippen LogP contribution in [0.1, 0.15) is 18.2 Å². The lowest BCUT2D eigenvalue weighted by atomic mass is 10.1. The first-order chi connectivity index (χ1) is 11.9. The molecule has 3 aromatic heterocycles. The minimum atomic E-state index is -0.381. The third-order valence-electron chi connectivity index (χ3n) is 4.74. The van der Waals surface area contributed by atoms with Crippen molar-refractivity contribution in [1.82, 2.24) is 23.1 Å². The first-order valence-corrected chi connectivity index (χ1v) is 8.19. The molecule has 0 unspecified atom stereocenters. The van der Waals surface area contributed by atoms with Crippen LogP contribution in [0.3, 0.4) is 0 Å². The number of imidazole rings is 2. The third kappa shape index (κ3) is 2.02. The van der Waals surface area contributed by atoms with Crippen molar-refractivity contribution < 1.29 is 0 Å². The fraction of sp³-hybridized carbons (Fsp3) is 0.278. The number of aryl methyl sites for hydroxylation is 3. The van der Waals surface area contributed by atoms with E-state index in [1.807, 2.05) is 29.8 Å². The number of nitrogens with zero attached hydrogens (tertiary/aromatic N) is 5. The number of fused-ring (bicyclic) bond motifs is 3. The van der Waals surface area contributed by atoms with E-state index in [9.17, 15) is 9.59 Å². The van der Waals surface area contributed by atoms with Crippen molar-refractivity contribution in [3.63, 3.8) is 0 Å². The second-order valence-corrected chi connectivity index (χ2v) is 6.29. The monoisotopic (exact) mass is 337 g/mol. The van der Waals surface area contributed by atoms with Gasteiger partial charge in [-0.3, -0.25) is 22.9 Å². The van der Waals surface area contributed by atoms with Gasteiger partial charge in [0.25, 0.3) is 5.56 Å². The molecule has 0 atom stereocenters. The van der Waals surface area contributed by atoms with Crippen LogP contribution in [0.15, 0.2) is 40.1 Å². The van der Waals surface area contributed by atoms with Crippen molar-refractivity contribution in [2.45, 2.75) is 20.3 Å². The molecule has 7 heteroatoms. The molecule has 0 bridgehead atoms. The summed E-state index contributed by atoms with van der Waals surface area (Å²) in [5, 5.41) is 0. The summed E-state index contributed by atoms with van der Waals surface area (Å²) in [5.41, 5.74) is 3.27. The summed E-state index contributed by atoms with van der Waals surface area (Å²) in [6.07, 6.45) is 2.86. The van der Waals surface area contributed by atoms with E-state index in [0.717, 1.165) is 22.4 Å². The zero-order valence-electron chi connectivity index (χ0n) is 14.6. The highest BCUT2D eigenvalue weighted by Crippen LogP contribution is 2.21. The fourth-order valence-corrected chi connectivity index (χ4v) is 3.29. The molecule has 0 aliphatic carbocycles. The lowest BCUT2D eigenvalue weighted by Crippen LogP contribution is -2.37. The van der Waals surface area contributed by atoms with E-state index >= 15 is 0 Å². The Morgan fingerprint density at radius 3 is 2.36 bits per heavy atom. The van der Waals surface area contributed by atoms with Gasteiger partial charge in [-0.15, -0.1) is 0 Å². The summed E-state index contributed by atoms with van der Waals surface area (Å²) in [7, 11) is 3.11. The Hall–Kier alpha value is -3.09.